The van der Waals surface area contributed by atoms with E-state index in [0.717, 1.165) is 5.56 Å². The van der Waals surface area contributed by atoms with Crippen molar-refractivity contribution in [2.45, 2.75) is 4.90 Å². The lowest BCUT2D eigenvalue weighted by molar-refractivity contribution is 0.102. The second-order valence-corrected chi connectivity index (χ2v) is 9.93. The summed E-state index contributed by atoms with van der Waals surface area (Å²) < 4.78 is 44.0. The maximum absolute atomic E-state index is 13.0. The molecule has 35 heavy (non-hydrogen) atoms. The van der Waals surface area contributed by atoms with Crippen LogP contribution in [-0.2, 0) is 10.0 Å². The predicted molar refractivity (Wildman–Crippen MR) is 132 cm³/mol. The number of nitrogens with zero attached hydrogens (tertiary/aromatic N) is 1. The van der Waals surface area contributed by atoms with Crippen LogP contribution in [0.4, 0.5) is 10.8 Å². The number of hydrogen-bond donors (Lipinski definition) is 2. The lowest BCUT2D eigenvalue weighted by Crippen LogP contribution is -2.18. The minimum absolute atomic E-state index is 0.0433. The van der Waals surface area contributed by atoms with Crippen LogP contribution in [0.3, 0.4) is 0 Å². The van der Waals surface area contributed by atoms with Crippen LogP contribution < -0.4 is 24.2 Å². The van der Waals surface area contributed by atoms with E-state index in [-0.39, 0.29) is 22.9 Å². The molecule has 11 heteroatoms. The molecular formula is C24H19N3O6S2. The monoisotopic (exact) mass is 509 g/mol. The molecule has 4 aromatic rings. The molecule has 178 valence electrons. The first-order valence-corrected chi connectivity index (χ1v) is 12.7. The van der Waals surface area contributed by atoms with Crippen molar-refractivity contribution in [1.29, 1.82) is 0 Å². The Kier molecular flexibility index (Phi) is 6.01. The van der Waals surface area contributed by atoms with Crippen LogP contribution in [0.5, 0.6) is 17.2 Å². The van der Waals surface area contributed by atoms with E-state index in [2.05, 4.69) is 15.0 Å². The van der Waals surface area contributed by atoms with Gasteiger partial charge in [-0.3, -0.25) is 14.8 Å². The van der Waals surface area contributed by atoms with Crippen molar-refractivity contribution in [1.82, 2.24) is 4.98 Å². The first-order chi connectivity index (χ1) is 16.9. The molecule has 5 rings (SSSR count). The molecule has 2 N–H and O–H groups in total. The molecule has 0 aliphatic carbocycles. The first kappa shape index (κ1) is 22.7. The highest BCUT2D eigenvalue weighted by Crippen LogP contribution is 2.36. The average Bonchev–Trinajstić information content (AvgIpc) is 3.53. The van der Waals surface area contributed by atoms with Gasteiger partial charge in [0.1, 0.15) is 5.75 Å². The predicted octanol–water partition coefficient (Wildman–Crippen LogP) is 4.60. The first-order valence-electron chi connectivity index (χ1n) is 10.4. The molecule has 1 aliphatic rings. The number of benzene rings is 3. The molecule has 9 nitrogen and oxygen atoms in total. The summed E-state index contributed by atoms with van der Waals surface area (Å²) in [7, 11) is -2.43. The fraction of sp³-hybridized carbons (Fsp3) is 0.0833. The molecule has 0 unspecified atom stereocenters. The highest BCUT2D eigenvalue weighted by atomic mass is 32.2. The van der Waals surface area contributed by atoms with Crippen LogP contribution in [0, 0.1) is 0 Å². The minimum atomic E-state index is -3.92. The van der Waals surface area contributed by atoms with E-state index >= 15 is 0 Å². The molecule has 0 radical (unpaired) electrons. The largest absolute Gasteiger partial charge is 0.497 e. The number of rotatable bonds is 7. The number of anilines is 2. The quantitative estimate of drug-likeness (QED) is 0.374. The van der Waals surface area contributed by atoms with Crippen LogP contribution in [0.25, 0.3) is 11.3 Å². The van der Waals surface area contributed by atoms with Crippen molar-refractivity contribution >= 4 is 38.1 Å². The Labute approximate surface area is 205 Å². The molecule has 0 bridgehead atoms. The number of para-hydroxylation sites is 1. The summed E-state index contributed by atoms with van der Waals surface area (Å²) in [6, 6.07) is 17.8. The van der Waals surface area contributed by atoms with Gasteiger partial charge in [0.2, 0.25) is 6.79 Å². The fourth-order valence-corrected chi connectivity index (χ4v) is 5.21. The van der Waals surface area contributed by atoms with Gasteiger partial charge in [-0.25, -0.2) is 13.4 Å². The van der Waals surface area contributed by atoms with E-state index in [1.807, 2.05) is 17.5 Å². The van der Waals surface area contributed by atoms with E-state index in [9.17, 15) is 13.2 Å². The molecule has 1 aliphatic heterocycles. The zero-order valence-electron chi connectivity index (χ0n) is 18.3. The van der Waals surface area contributed by atoms with Gasteiger partial charge in [0.25, 0.3) is 15.9 Å². The molecule has 0 spiro atoms. The number of sulfonamides is 1. The molecule has 1 amide bonds. The van der Waals surface area contributed by atoms with Gasteiger partial charge < -0.3 is 14.2 Å². The van der Waals surface area contributed by atoms with Crippen molar-refractivity contribution in [3.05, 3.63) is 77.7 Å². The van der Waals surface area contributed by atoms with Crippen molar-refractivity contribution in [2.24, 2.45) is 0 Å². The average molecular weight is 510 g/mol. The summed E-state index contributed by atoms with van der Waals surface area (Å²) in [5, 5.41) is 4.92. The van der Waals surface area contributed by atoms with Gasteiger partial charge in [-0.05, 0) is 54.6 Å². The number of aromatic nitrogens is 1. The Balaban J connectivity index is 1.34. The zero-order valence-corrected chi connectivity index (χ0v) is 20.0. The number of methoxy groups -OCH3 is 1. The third-order valence-corrected chi connectivity index (χ3v) is 7.32. The Bertz CT molecular complexity index is 1500. The molecular weight excluding hydrogens is 490 g/mol. The number of fused-ring (bicyclic) bond motifs is 1. The van der Waals surface area contributed by atoms with Crippen molar-refractivity contribution in [2.75, 3.05) is 23.9 Å². The maximum atomic E-state index is 13.0. The third-order valence-electron chi connectivity index (χ3n) is 5.18. The summed E-state index contributed by atoms with van der Waals surface area (Å²) in [5.41, 5.74) is 1.79. The number of ether oxygens (including phenoxy) is 3. The van der Waals surface area contributed by atoms with Crippen LogP contribution in [0.2, 0.25) is 0 Å². The van der Waals surface area contributed by atoms with Gasteiger partial charge in [0.15, 0.2) is 16.6 Å². The van der Waals surface area contributed by atoms with E-state index in [1.165, 1.54) is 42.7 Å². The number of carbonyl (C=O) groups is 1. The summed E-state index contributed by atoms with van der Waals surface area (Å²) in [5.74, 6) is 1.35. The second-order valence-electron chi connectivity index (χ2n) is 7.39. The Morgan fingerprint density at radius 3 is 2.60 bits per heavy atom. The Hall–Kier alpha value is -4.09. The van der Waals surface area contributed by atoms with Crippen molar-refractivity contribution in [3.63, 3.8) is 0 Å². The van der Waals surface area contributed by atoms with Crippen LogP contribution in [0.1, 0.15) is 10.4 Å². The second kappa shape index (κ2) is 9.28. The van der Waals surface area contributed by atoms with Crippen LogP contribution in [0.15, 0.2) is 77.0 Å². The summed E-state index contributed by atoms with van der Waals surface area (Å²) in [6.45, 7) is 0.179. The summed E-state index contributed by atoms with van der Waals surface area (Å²) in [4.78, 5) is 17.5. The van der Waals surface area contributed by atoms with Gasteiger partial charge >= 0.3 is 0 Å². The van der Waals surface area contributed by atoms with E-state index in [1.54, 1.807) is 30.3 Å². The summed E-state index contributed by atoms with van der Waals surface area (Å²) in [6.07, 6.45) is 0. The lowest BCUT2D eigenvalue weighted by Gasteiger charge is -2.12. The highest BCUT2D eigenvalue weighted by molar-refractivity contribution is 7.92. The maximum Gasteiger partial charge on any atom is 0.261 e. The van der Waals surface area contributed by atoms with Gasteiger partial charge in [-0.2, -0.15) is 0 Å². The van der Waals surface area contributed by atoms with Gasteiger partial charge in [-0.15, -0.1) is 11.3 Å². The molecule has 0 saturated heterocycles. The van der Waals surface area contributed by atoms with E-state index in [4.69, 9.17) is 14.2 Å². The zero-order chi connectivity index (χ0) is 24.4. The van der Waals surface area contributed by atoms with Crippen molar-refractivity contribution in [3.8, 4) is 28.5 Å². The van der Waals surface area contributed by atoms with E-state index < -0.39 is 15.9 Å². The smallest absolute Gasteiger partial charge is 0.261 e. The Morgan fingerprint density at radius 2 is 1.80 bits per heavy atom. The molecule has 0 atom stereocenters. The van der Waals surface area contributed by atoms with Gasteiger partial charge in [0, 0.05) is 10.9 Å². The minimum Gasteiger partial charge on any atom is -0.497 e. The molecule has 0 saturated carbocycles. The van der Waals surface area contributed by atoms with Gasteiger partial charge in [0.05, 0.1) is 29.0 Å². The fourth-order valence-electron chi connectivity index (χ4n) is 3.41. The third kappa shape index (κ3) is 4.77. The topological polar surface area (TPSA) is 116 Å². The van der Waals surface area contributed by atoms with Crippen LogP contribution in [-0.4, -0.2) is 33.2 Å². The number of hydrogen-bond acceptors (Lipinski definition) is 8. The Morgan fingerprint density at radius 1 is 1.03 bits per heavy atom. The highest BCUT2D eigenvalue weighted by Gasteiger charge is 2.20. The van der Waals surface area contributed by atoms with Crippen LogP contribution >= 0.6 is 11.3 Å². The standard InChI is InChI=1S/C24H19N3O6S2/c1-31-16-7-9-17(10-8-16)35(29,30)27-19-5-3-2-4-18(19)23(28)26-24-25-20(13-34-24)15-6-11-21-22(12-15)33-14-32-21/h2-13,27H,14H2,1H3,(H,25,26,28). The number of amides is 1. The molecule has 1 aromatic heterocycles. The number of carbonyl (C=O) groups excluding carboxylic acids is 1. The lowest BCUT2D eigenvalue weighted by atomic mass is 10.1. The SMILES string of the molecule is COc1ccc(S(=O)(=O)Nc2ccccc2C(=O)Nc2nc(-c3ccc4c(c3)OCO4)cs2)cc1. The molecule has 3 aromatic carbocycles. The molecule has 2 heterocycles. The molecule has 0 fully saturated rings. The normalized spacial score (nSPS) is 12.3. The summed E-state index contributed by atoms with van der Waals surface area (Å²) >= 11 is 1.25. The number of nitrogens with one attached hydrogen (secondary N) is 2. The van der Waals surface area contributed by atoms with E-state index in [0.29, 0.717) is 28.1 Å². The number of thiazole rings is 1. The van der Waals surface area contributed by atoms with Crippen molar-refractivity contribution < 1.29 is 27.4 Å². The van der Waals surface area contributed by atoms with Gasteiger partial charge in [-0.1, -0.05) is 12.1 Å².